The summed E-state index contributed by atoms with van der Waals surface area (Å²) in [4.78, 5) is 16.5. The van der Waals surface area contributed by atoms with Crippen LogP contribution in [0.4, 0.5) is 10.5 Å². The van der Waals surface area contributed by atoms with Crippen molar-refractivity contribution in [3.8, 4) is 17.2 Å². The third-order valence-electron chi connectivity index (χ3n) is 3.93. The van der Waals surface area contributed by atoms with Gasteiger partial charge in [0.05, 0.1) is 18.5 Å². The van der Waals surface area contributed by atoms with Gasteiger partial charge < -0.3 is 19.8 Å². The average molecular weight is 386 g/mol. The van der Waals surface area contributed by atoms with Gasteiger partial charge in [-0.15, -0.1) is 0 Å². The van der Waals surface area contributed by atoms with Crippen LogP contribution in [-0.4, -0.2) is 24.7 Å². The van der Waals surface area contributed by atoms with Crippen molar-refractivity contribution < 1.29 is 13.9 Å². The summed E-state index contributed by atoms with van der Waals surface area (Å²) in [6.07, 6.45) is 2.16. The zero-order valence-electron chi connectivity index (χ0n) is 15.1. The van der Waals surface area contributed by atoms with Crippen molar-refractivity contribution in [2.75, 3.05) is 19.0 Å². The molecule has 0 fully saturated rings. The Morgan fingerprint density at radius 3 is 2.74 bits per heavy atom. The summed E-state index contributed by atoms with van der Waals surface area (Å²) in [6, 6.07) is 12.6. The van der Waals surface area contributed by atoms with Gasteiger partial charge in [0.25, 0.3) is 0 Å². The van der Waals surface area contributed by atoms with E-state index in [1.54, 1.807) is 24.5 Å². The Labute approximate surface area is 162 Å². The van der Waals surface area contributed by atoms with Crippen LogP contribution in [0.1, 0.15) is 11.3 Å². The van der Waals surface area contributed by atoms with E-state index in [0.29, 0.717) is 35.3 Å². The first-order valence-electron chi connectivity index (χ1n) is 8.45. The predicted molar refractivity (Wildman–Crippen MR) is 105 cm³/mol. The SMILES string of the molecule is COc1ccc(Cl)cc1NC(=O)NCCc1coc(-c2ccc(C)cc2)n1. The number of urea groups is 1. The predicted octanol–water partition coefficient (Wildman–Crippen LogP) is 4.68. The third kappa shape index (κ3) is 5.01. The van der Waals surface area contributed by atoms with Gasteiger partial charge in [0.15, 0.2) is 0 Å². The summed E-state index contributed by atoms with van der Waals surface area (Å²) in [5.41, 5.74) is 3.37. The second-order valence-electron chi connectivity index (χ2n) is 5.99. The monoisotopic (exact) mass is 385 g/mol. The van der Waals surface area contributed by atoms with Gasteiger partial charge in [-0.3, -0.25) is 0 Å². The van der Waals surface area contributed by atoms with E-state index in [9.17, 15) is 4.79 Å². The van der Waals surface area contributed by atoms with E-state index in [-0.39, 0.29) is 6.03 Å². The Morgan fingerprint density at radius 1 is 1.22 bits per heavy atom. The number of anilines is 1. The van der Waals surface area contributed by atoms with Crippen LogP contribution >= 0.6 is 11.6 Å². The lowest BCUT2D eigenvalue weighted by Gasteiger charge is -2.11. The lowest BCUT2D eigenvalue weighted by molar-refractivity contribution is 0.252. The Hall–Kier alpha value is -2.99. The molecule has 0 aliphatic heterocycles. The van der Waals surface area contributed by atoms with Gasteiger partial charge in [0, 0.05) is 23.6 Å². The summed E-state index contributed by atoms with van der Waals surface area (Å²) < 4.78 is 10.7. The Morgan fingerprint density at radius 2 is 2.00 bits per heavy atom. The molecule has 0 aliphatic rings. The lowest BCUT2D eigenvalue weighted by atomic mass is 10.1. The molecular formula is C20H20ClN3O3. The highest BCUT2D eigenvalue weighted by molar-refractivity contribution is 6.31. The van der Waals surface area contributed by atoms with Crippen LogP contribution in [0.15, 0.2) is 53.1 Å². The second-order valence-corrected chi connectivity index (χ2v) is 6.42. The van der Waals surface area contributed by atoms with Crippen molar-refractivity contribution in [3.05, 3.63) is 65.0 Å². The molecule has 0 atom stereocenters. The largest absolute Gasteiger partial charge is 0.495 e. The molecule has 140 valence electrons. The number of nitrogens with zero attached hydrogens (tertiary/aromatic N) is 1. The first-order chi connectivity index (χ1) is 13.0. The van der Waals surface area contributed by atoms with E-state index in [4.69, 9.17) is 20.8 Å². The Kier molecular flexibility index (Phi) is 5.98. The minimum Gasteiger partial charge on any atom is -0.495 e. The maximum atomic E-state index is 12.1. The van der Waals surface area contributed by atoms with Crippen LogP contribution in [0.5, 0.6) is 5.75 Å². The molecule has 0 radical (unpaired) electrons. The molecule has 1 aromatic heterocycles. The number of oxazole rings is 1. The maximum absolute atomic E-state index is 12.1. The molecule has 2 N–H and O–H groups in total. The summed E-state index contributed by atoms with van der Waals surface area (Å²) in [6.45, 7) is 2.44. The van der Waals surface area contributed by atoms with E-state index in [0.717, 1.165) is 11.3 Å². The van der Waals surface area contributed by atoms with Gasteiger partial charge >= 0.3 is 6.03 Å². The number of methoxy groups -OCH3 is 1. The van der Waals surface area contributed by atoms with Crippen LogP contribution in [-0.2, 0) is 6.42 Å². The molecule has 6 nitrogen and oxygen atoms in total. The Balaban J connectivity index is 1.52. The zero-order chi connectivity index (χ0) is 19.2. The van der Waals surface area contributed by atoms with Crippen molar-refractivity contribution in [2.24, 2.45) is 0 Å². The van der Waals surface area contributed by atoms with Crippen molar-refractivity contribution in [1.29, 1.82) is 0 Å². The van der Waals surface area contributed by atoms with Gasteiger partial charge in [0.1, 0.15) is 12.0 Å². The molecule has 0 saturated carbocycles. The molecule has 0 aliphatic carbocycles. The average Bonchev–Trinajstić information content (AvgIpc) is 3.11. The highest BCUT2D eigenvalue weighted by Crippen LogP contribution is 2.27. The number of hydrogen-bond donors (Lipinski definition) is 2. The van der Waals surface area contributed by atoms with E-state index in [1.807, 2.05) is 31.2 Å². The number of carbonyl (C=O) groups excluding carboxylic acids is 1. The molecule has 0 spiro atoms. The molecule has 2 aromatic carbocycles. The highest BCUT2D eigenvalue weighted by atomic mass is 35.5. The molecule has 3 aromatic rings. The standard InChI is InChI=1S/C20H20ClN3O3/c1-13-3-5-14(6-4-13)19-23-16(12-27-19)9-10-22-20(25)24-17-11-15(21)7-8-18(17)26-2/h3-8,11-12H,9-10H2,1-2H3,(H2,22,24,25). The van der Waals surface area contributed by atoms with Crippen molar-refractivity contribution in [3.63, 3.8) is 0 Å². The molecule has 3 rings (SSSR count). The van der Waals surface area contributed by atoms with Crippen molar-refractivity contribution in [1.82, 2.24) is 10.3 Å². The zero-order valence-corrected chi connectivity index (χ0v) is 15.8. The molecule has 0 bridgehead atoms. The fourth-order valence-corrected chi connectivity index (χ4v) is 2.67. The summed E-state index contributed by atoms with van der Waals surface area (Å²) in [5.74, 6) is 1.10. The van der Waals surface area contributed by atoms with Crippen LogP contribution in [0, 0.1) is 6.92 Å². The van der Waals surface area contributed by atoms with Gasteiger partial charge in [-0.05, 0) is 37.3 Å². The molecule has 0 saturated heterocycles. The lowest BCUT2D eigenvalue weighted by Crippen LogP contribution is -2.30. The summed E-state index contributed by atoms with van der Waals surface area (Å²) in [7, 11) is 1.53. The smallest absolute Gasteiger partial charge is 0.319 e. The molecule has 2 amide bonds. The number of halogens is 1. The highest BCUT2D eigenvalue weighted by Gasteiger charge is 2.09. The number of benzene rings is 2. The van der Waals surface area contributed by atoms with Gasteiger partial charge in [-0.25, -0.2) is 9.78 Å². The topological polar surface area (TPSA) is 76.4 Å². The number of hydrogen-bond acceptors (Lipinski definition) is 4. The molecule has 1 heterocycles. The van der Waals surface area contributed by atoms with Gasteiger partial charge in [-0.1, -0.05) is 29.3 Å². The maximum Gasteiger partial charge on any atom is 0.319 e. The number of nitrogens with one attached hydrogen (secondary N) is 2. The molecule has 0 unspecified atom stereocenters. The molecule has 7 heteroatoms. The minimum absolute atomic E-state index is 0.349. The van der Waals surface area contributed by atoms with E-state index < -0.39 is 0 Å². The van der Waals surface area contributed by atoms with E-state index in [2.05, 4.69) is 15.6 Å². The Bertz CT molecular complexity index is 922. The fraction of sp³-hybridized carbons (Fsp3) is 0.200. The van der Waals surface area contributed by atoms with E-state index in [1.165, 1.54) is 12.7 Å². The number of ether oxygens (including phenoxy) is 1. The first-order valence-corrected chi connectivity index (χ1v) is 8.83. The number of aryl methyl sites for hydroxylation is 1. The van der Waals surface area contributed by atoms with Crippen molar-refractivity contribution in [2.45, 2.75) is 13.3 Å². The molecule has 27 heavy (non-hydrogen) atoms. The van der Waals surface area contributed by atoms with Crippen LogP contribution in [0.3, 0.4) is 0 Å². The van der Waals surface area contributed by atoms with Crippen LogP contribution in [0.2, 0.25) is 5.02 Å². The summed E-state index contributed by atoms with van der Waals surface area (Å²) in [5, 5.41) is 6.01. The van der Waals surface area contributed by atoms with Crippen LogP contribution in [0.25, 0.3) is 11.5 Å². The summed E-state index contributed by atoms with van der Waals surface area (Å²) >= 11 is 5.96. The molecular weight excluding hydrogens is 366 g/mol. The van der Waals surface area contributed by atoms with Crippen molar-refractivity contribution >= 4 is 23.3 Å². The normalized spacial score (nSPS) is 10.5. The first kappa shape index (κ1) is 18.8. The third-order valence-corrected chi connectivity index (χ3v) is 4.16. The van der Waals surface area contributed by atoms with E-state index >= 15 is 0 Å². The number of rotatable bonds is 6. The number of amides is 2. The quantitative estimate of drug-likeness (QED) is 0.646. The number of carbonyl (C=O) groups is 1. The van der Waals surface area contributed by atoms with Gasteiger partial charge in [-0.2, -0.15) is 0 Å². The second kappa shape index (κ2) is 8.60. The van der Waals surface area contributed by atoms with Crippen LogP contribution < -0.4 is 15.4 Å². The number of aromatic nitrogens is 1. The fourth-order valence-electron chi connectivity index (χ4n) is 2.50. The minimum atomic E-state index is -0.349. The van der Waals surface area contributed by atoms with Gasteiger partial charge in [0.2, 0.25) is 5.89 Å².